The quantitative estimate of drug-likeness (QED) is 0.791. The highest BCUT2D eigenvalue weighted by atomic mass is 32.2. The van der Waals surface area contributed by atoms with Crippen LogP contribution in [0.5, 0.6) is 0 Å². The average Bonchev–Trinajstić information content (AvgIpc) is 3.12. The van der Waals surface area contributed by atoms with Gasteiger partial charge in [0.05, 0.1) is 0 Å². The predicted octanol–water partition coefficient (Wildman–Crippen LogP) is 1.14. The van der Waals surface area contributed by atoms with Crippen molar-refractivity contribution in [1.82, 2.24) is 20.1 Å². The third-order valence-electron chi connectivity index (χ3n) is 3.41. The average molecular weight is 254 g/mol. The van der Waals surface area contributed by atoms with Crippen molar-refractivity contribution in [3.63, 3.8) is 0 Å². The molecule has 2 aliphatic rings. The van der Waals surface area contributed by atoms with Gasteiger partial charge in [-0.25, -0.2) is 9.89 Å². The number of aromatic nitrogens is 3. The summed E-state index contributed by atoms with van der Waals surface area (Å²) in [5, 5.41) is 11.1. The van der Waals surface area contributed by atoms with Gasteiger partial charge in [-0.05, 0) is 32.2 Å². The second kappa shape index (κ2) is 4.86. The molecule has 2 heterocycles. The van der Waals surface area contributed by atoms with Crippen LogP contribution < -0.4 is 11.0 Å². The van der Waals surface area contributed by atoms with E-state index in [0.29, 0.717) is 12.1 Å². The smallest absolute Gasteiger partial charge is 0.313 e. The first-order valence-electron chi connectivity index (χ1n) is 6.37. The zero-order valence-corrected chi connectivity index (χ0v) is 10.6. The second-order valence-electron chi connectivity index (χ2n) is 4.87. The summed E-state index contributed by atoms with van der Waals surface area (Å²) in [4.78, 5) is 11.6. The first-order valence-corrected chi connectivity index (χ1v) is 7.36. The van der Waals surface area contributed by atoms with Crippen molar-refractivity contribution >= 4 is 11.8 Å². The molecule has 1 aromatic heterocycles. The molecule has 0 aromatic carbocycles. The van der Waals surface area contributed by atoms with Gasteiger partial charge in [0.25, 0.3) is 0 Å². The van der Waals surface area contributed by atoms with Crippen LogP contribution in [-0.4, -0.2) is 33.1 Å². The third-order valence-corrected chi connectivity index (χ3v) is 4.53. The SMILES string of the molecule is O=c1[nH]nc(SCC2CCCCN2)n1C1CC1. The standard InChI is InChI=1S/C11H18N4OS/c16-10-13-14-11(15(10)9-4-5-9)17-7-8-3-1-2-6-12-8/h8-9,12H,1-7H2,(H,13,16). The molecule has 1 aliphatic carbocycles. The Morgan fingerprint density at radius 3 is 2.94 bits per heavy atom. The maximum Gasteiger partial charge on any atom is 0.344 e. The molecule has 1 aliphatic heterocycles. The van der Waals surface area contributed by atoms with Crippen molar-refractivity contribution in [2.75, 3.05) is 12.3 Å². The minimum absolute atomic E-state index is 0.0494. The summed E-state index contributed by atoms with van der Waals surface area (Å²) in [5.74, 6) is 1.01. The lowest BCUT2D eigenvalue weighted by atomic mass is 10.1. The molecular formula is C11H18N4OS. The van der Waals surface area contributed by atoms with Crippen molar-refractivity contribution in [1.29, 1.82) is 0 Å². The maximum atomic E-state index is 11.6. The van der Waals surface area contributed by atoms with E-state index in [2.05, 4.69) is 15.5 Å². The molecule has 0 radical (unpaired) electrons. The van der Waals surface area contributed by atoms with Gasteiger partial charge in [-0.2, -0.15) is 0 Å². The van der Waals surface area contributed by atoms with Crippen LogP contribution in [0.15, 0.2) is 9.95 Å². The van der Waals surface area contributed by atoms with Gasteiger partial charge in [-0.3, -0.25) is 4.57 Å². The molecule has 2 fully saturated rings. The van der Waals surface area contributed by atoms with Crippen LogP contribution in [-0.2, 0) is 0 Å². The minimum atomic E-state index is -0.0494. The summed E-state index contributed by atoms with van der Waals surface area (Å²) in [6.07, 6.45) is 6.08. The van der Waals surface area contributed by atoms with E-state index < -0.39 is 0 Å². The van der Waals surface area contributed by atoms with Gasteiger partial charge in [0.1, 0.15) is 0 Å². The van der Waals surface area contributed by atoms with Gasteiger partial charge in [0.2, 0.25) is 0 Å². The summed E-state index contributed by atoms with van der Waals surface area (Å²) < 4.78 is 1.83. The van der Waals surface area contributed by atoms with Crippen molar-refractivity contribution in [3.8, 4) is 0 Å². The zero-order chi connectivity index (χ0) is 11.7. The molecule has 0 spiro atoms. The largest absolute Gasteiger partial charge is 0.344 e. The van der Waals surface area contributed by atoms with Crippen molar-refractivity contribution in [2.45, 2.75) is 49.3 Å². The molecule has 2 N–H and O–H groups in total. The van der Waals surface area contributed by atoms with E-state index in [0.717, 1.165) is 30.3 Å². The number of aromatic amines is 1. The molecule has 17 heavy (non-hydrogen) atoms. The highest BCUT2D eigenvalue weighted by molar-refractivity contribution is 7.99. The molecular weight excluding hydrogens is 236 g/mol. The van der Waals surface area contributed by atoms with Gasteiger partial charge in [0.15, 0.2) is 5.16 Å². The first-order chi connectivity index (χ1) is 8.34. The van der Waals surface area contributed by atoms with E-state index in [4.69, 9.17) is 0 Å². The number of H-pyrrole nitrogens is 1. The topological polar surface area (TPSA) is 62.7 Å². The number of hydrogen-bond donors (Lipinski definition) is 2. The number of hydrogen-bond acceptors (Lipinski definition) is 4. The first kappa shape index (κ1) is 11.3. The fraction of sp³-hybridized carbons (Fsp3) is 0.818. The molecule has 1 unspecified atom stereocenters. The Kier molecular flexibility index (Phi) is 3.24. The number of piperidine rings is 1. The summed E-state index contributed by atoms with van der Waals surface area (Å²) in [6.45, 7) is 1.13. The van der Waals surface area contributed by atoms with Crippen LogP contribution in [0, 0.1) is 0 Å². The van der Waals surface area contributed by atoms with Crippen LogP contribution >= 0.6 is 11.8 Å². The van der Waals surface area contributed by atoms with Crippen LogP contribution in [0.1, 0.15) is 38.1 Å². The number of nitrogens with zero attached hydrogens (tertiary/aromatic N) is 2. The van der Waals surface area contributed by atoms with E-state index >= 15 is 0 Å². The Bertz CT molecular complexity index is 431. The van der Waals surface area contributed by atoms with E-state index in [1.165, 1.54) is 19.3 Å². The van der Waals surface area contributed by atoms with Gasteiger partial charge in [-0.1, -0.05) is 18.2 Å². The molecule has 0 bridgehead atoms. The predicted molar refractivity (Wildman–Crippen MR) is 67.5 cm³/mol. The van der Waals surface area contributed by atoms with E-state index in [1.54, 1.807) is 11.8 Å². The van der Waals surface area contributed by atoms with Gasteiger partial charge < -0.3 is 5.32 Å². The minimum Gasteiger partial charge on any atom is -0.313 e. The molecule has 1 saturated carbocycles. The van der Waals surface area contributed by atoms with E-state index in [9.17, 15) is 4.79 Å². The highest BCUT2D eigenvalue weighted by Gasteiger charge is 2.28. The number of thioether (sulfide) groups is 1. The Morgan fingerprint density at radius 1 is 1.35 bits per heavy atom. The monoisotopic (exact) mass is 254 g/mol. The second-order valence-corrected chi connectivity index (χ2v) is 5.86. The fourth-order valence-electron chi connectivity index (χ4n) is 2.29. The Morgan fingerprint density at radius 2 is 2.24 bits per heavy atom. The zero-order valence-electron chi connectivity index (χ0n) is 9.82. The molecule has 1 saturated heterocycles. The molecule has 5 nitrogen and oxygen atoms in total. The lowest BCUT2D eigenvalue weighted by Gasteiger charge is -2.22. The lowest BCUT2D eigenvalue weighted by Crippen LogP contribution is -2.35. The summed E-state index contributed by atoms with van der Waals surface area (Å²) in [5.41, 5.74) is -0.0494. The summed E-state index contributed by atoms with van der Waals surface area (Å²) in [6, 6.07) is 0.983. The molecule has 3 rings (SSSR count). The summed E-state index contributed by atoms with van der Waals surface area (Å²) >= 11 is 1.70. The van der Waals surface area contributed by atoms with Crippen molar-refractivity contribution < 1.29 is 0 Å². The molecule has 94 valence electrons. The molecule has 1 atom stereocenters. The van der Waals surface area contributed by atoms with Crippen LogP contribution in [0.3, 0.4) is 0 Å². The maximum absolute atomic E-state index is 11.6. The van der Waals surface area contributed by atoms with Crippen molar-refractivity contribution in [3.05, 3.63) is 10.5 Å². The summed E-state index contributed by atoms with van der Waals surface area (Å²) in [7, 11) is 0. The van der Waals surface area contributed by atoms with E-state index in [1.807, 2.05) is 4.57 Å². The molecule has 1 aromatic rings. The number of nitrogens with one attached hydrogen (secondary N) is 2. The Balaban J connectivity index is 1.62. The van der Waals surface area contributed by atoms with Crippen LogP contribution in [0.2, 0.25) is 0 Å². The normalized spacial score (nSPS) is 25.1. The van der Waals surface area contributed by atoms with E-state index in [-0.39, 0.29) is 5.69 Å². The van der Waals surface area contributed by atoms with Crippen LogP contribution in [0.4, 0.5) is 0 Å². The van der Waals surface area contributed by atoms with Crippen molar-refractivity contribution in [2.24, 2.45) is 0 Å². The number of rotatable bonds is 4. The molecule has 0 amide bonds. The third kappa shape index (κ3) is 2.57. The van der Waals surface area contributed by atoms with Crippen LogP contribution in [0.25, 0.3) is 0 Å². The molecule has 6 heteroatoms. The van der Waals surface area contributed by atoms with Gasteiger partial charge in [0, 0.05) is 17.8 Å². The lowest BCUT2D eigenvalue weighted by molar-refractivity contribution is 0.429. The Hall–Kier alpha value is -0.750. The van der Waals surface area contributed by atoms with Gasteiger partial charge in [-0.15, -0.1) is 5.10 Å². The highest BCUT2D eigenvalue weighted by Crippen LogP contribution is 2.36. The Labute approximate surface area is 104 Å². The van der Waals surface area contributed by atoms with Gasteiger partial charge >= 0.3 is 5.69 Å². The fourth-order valence-corrected chi connectivity index (χ4v) is 3.40.